The van der Waals surface area contributed by atoms with Crippen LogP contribution in [0.4, 0.5) is 0 Å². The van der Waals surface area contributed by atoms with Crippen molar-refractivity contribution in [2.45, 2.75) is 39.7 Å². The second-order valence-corrected chi connectivity index (χ2v) is 7.62. The van der Waals surface area contributed by atoms with E-state index in [1.165, 1.54) is 16.9 Å². The molecule has 1 aromatic carbocycles. The number of aryl methyl sites for hydroxylation is 1. The molecule has 2 amide bonds. The van der Waals surface area contributed by atoms with Crippen molar-refractivity contribution in [3.05, 3.63) is 40.9 Å². The van der Waals surface area contributed by atoms with E-state index in [-0.39, 0.29) is 30.3 Å². The molecule has 0 fully saturated rings. The Hall–Kier alpha value is -2.21. The van der Waals surface area contributed by atoms with Gasteiger partial charge in [-0.1, -0.05) is 23.8 Å². The number of carbonyl (C=O) groups is 2. The predicted octanol–water partition coefficient (Wildman–Crippen LogP) is 2.69. The van der Waals surface area contributed by atoms with Gasteiger partial charge in [0.05, 0.1) is 18.7 Å². The van der Waals surface area contributed by atoms with Gasteiger partial charge in [-0.05, 0) is 33.8 Å². The molecule has 2 aromatic rings. The molecular weight excluding hydrogens is 322 g/mol. The zero-order valence-corrected chi connectivity index (χ0v) is 15.3. The Morgan fingerprint density at radius 2 is 1.96 bits per heavy atom. The second-order valence-electron chi connectivity index (χ2n) is 6.77. The highest BCUT2D eigenvalue weighted by Gasteiger charge is 2.15. The summed E-state index contributed by atoms with van der Waals surface area (Å²) in [5.41, 5.74) is 2.63. The fraction of sp³-hybridized carbons (Fsp3) is 0.389. The molecule has 0 unspecified atom stereocenters. The summed E-state index contributed by atoms with van der Waals surface area (Å²) in [6, 6.07) is 8.10. The number of rotatable bonds is 5. The van der Waals surface area contributed by atoms with Crippen molar-refractivity contribution in [2.24, 2.45) is 0 Å². The van der Waals surface area contributed by atoms with Crippen molar-refractivity contribution >= 4 is 23.2 Å². The van der Waals surface area contributed by atoms with Gasteiger partial charge in [-0.3, -0.25) is 9.59 Å². The van der Waals surface area contributed by atoms with Gasteiger partial charge in [0.25, 0.3) is 0 Å². The highest BCUT2D eigenvalue weighted by molar-refractivity contribution is 7.13. The van der Waals surface area contributed by atoms with Crippen LogP contribution in [0.25, 0.3) is 10.6 Å². The average molecular weight is 345 g/mol. The van der Waals surface area contributed by atoms with Gasteiger partial charge < -0.3 is 10.6 Å². The molecule has 0 aliphatic heterocycles. The van der Waals surface area contributed by atoms with Crippen LogP contribution < -0.4 is 10.6 Å². The summed E-state index contributed by atoms with van der Waals surface area (Å²) in [4.78, 5) is 28.2. The fourth-order valence-corrected chi connectivity index (χ4v) is 2.98. The standard InChI is InChI=1S/C18H23N3O2S/c1-12-6-5-7-13(8-12)17-20-14(11-24-17)9-15(22)19-10-16(23)21-18(2,3)4/h5-8,11H,9-10H2,1-4H3,(H,19,22)(H,21,23). The zero-order chi connectivity index (χ0) is 17.7. The summed E-state index contributed by atoms with van der Waals surface area (Å²) in [5, 5.41) is 8.20. The van der Waals surface area contributed by atoms with E-state index in [1.807, 2.05) is 51.3 Å². The van der Waals surface area contributed by atoms with Crippen LogP contribution in [0.5, 0.6) is 0 Å². The molecule has 128 valence electrons. The van der Waals surface area contributed by atoms with E-state index in [0.29, 0.717) is 5.69 Å². The lowest BCUT2D eigenvalue weighted by molar-refractivity contribution is -0.126. The van der Waals surface area contributed by atoms with E-state index in [2.05, 4.69) is 21.7 Å². The molecule has 24 heavy (non-hydrogen) atoms. The predicted molar refractivity (Wildman–Crippen MR) is 96.9 cm³/mol. The molecule has 0 saturated carbocycles. The molecule has 5 nitrogen and oxygen atoms in total. The molecule has 0 radical (unpaired) electrons. The Morgan fingerprint density at radius 3 is 2.62 bits per heavy atom. The fourth-order valence-electron chi connectivity index (χ4n) is 2.17. The largest absolute Gasteiger partial charge is 0.350 e. The van der Waals surface area contributed by atoms with Crippen molar-refractivity contribution in [3.8, 4) is 10.6 Å². The van der Waals surface area contributed by atoms with Crippen LogP contribution in [0.1, 0.15) is 32.0 Å². The summed E-state index contributed by atoms with van der Waals surface area (Å²) >= 11 is 1.52. The van der Waals surface area contributed by atoms with Gasteiger partial charge in [-0.25, -0.2) is 4.98 Å². The Bertz CT molecular complexity index is 732. The second kappa shape index (κ2) is 7.57. The molecule has 0 bridgehead atoms. The first kappa shape index (κ1) is 18.1. The summed E-state index contributed by atoms with van der Waals surface area (Å²) < 4.78 is 0. The summed E-state index contributed by atoms with van der Waals surface area (Å²) in [6.45, 7) is 7.71. The molecule has 2 rings (SSSR count). The Labute approximate surface area is 146 Å². The van der Waals surface area contributed by atoms with Crippen molar-refractivity contribution in [1.29, 1.82) is 0 Å². The number of nitrogens with one attached hydrogen (secondary N) is 2. The highest BCUT2D eigenvalue weighted by atomic mass is 32.1. The van der Waals surface area contributed by atoms with Crippen LogP contribution in [-0.2, 0) is 16.0 Å². The lowest BCUT2D eigenvalue weighted by Gasteiger charge is -2.20. The molecule has 1 heterocycles. The Balaban J connectivity index is 1.88. The molecule has 1 aromatic heterocycles. The lowest BCUT2D eigenvalue weighted by atomic mass is 10.1. The van der Waals surface area contributed by atoms with E-state index in [0.717, 1.165) is 10.6 Å². The van der Waals surface area contributed by atoms with E-state index in [9.17, 15) is 9.59 Å². The summed E-state index contributed by atoms with van der Waals surface area (Å²) in [6.07, 6.45) is 0.172. The van der Waals surface area contributed by atoms with Crippen molar-refractivity contribution in [1.82, 2.24) is 15.6 Å². The first-order valence-electron chi connectivity index (χ1n) is 7.82. The van der Waals surface area contributed by atoms with Gasteiger partial charge in [-0.15, -0.1) is 11.3 Å². The van der Waals surface area contributed by atoms with Gasteiger partial charge in [0.1, 0.15) is 5.01 Å². The minimum absolute atomic E-state index is 0.0228. The molecule has 2 N–H and O–H groups in total. The molecule has 0 atom stereocenters. The van der Waals surface area contributed by atoms with Crippen LogP contribution in [0.2, 0.25) is 0 Å². The van der Waals surface area contributed by atoms with Gasteiger partial charge in [-0.2, -0.15) is 0 Å². The maximum Gasteiger partial charge on any atom is 0.239 e. The lowest BCUT2D eigenvalue weighted by Crippen LogP contribution is -2.46. The number of nitrogens with zero attached hydrogens (tertiary/aromatic N) is 1. The number of aromatic nitrogens is 1. The summed E-state index contributed by atoms with van der Waals surface area (Å²) in [5.74, 6) is -0.408. The molecule has 6 heteroatoms. The first-order valence-corrected chi connectivity index (χ1v) is 8.70. The van der Waals surface area contributed by atoms with Gasteiger partial charge in [0, 0.05) is 16.5 Å². The number of benzene rings is 1. The first-order chi connectivity index (χ1) is 11.2. The normalized spacial score (nSPS) is 11.2. The minimum Gasteiger partial charge on any atom is -0.350 e. The van der Waals surface area contributed by atoms with E-state index < -0.39 is 0 Å². The minimum atomic E-state index is -0.306. The van der Waals surface area contributed by atoms with Gasteiger partial charge >= 0.3 is 0 Å². The van der Waals surface area contributed by atoms with Crippen LogP contribution in [0.15, 0.2) is 29.6 Å². The van der Waals surface area contributed by atoms with Gasteiger partial charge in [0.2, 0.25) is 11.8 Å². The Kier molecular flexibility index (Phi) is 5.72. The van der Waals surface area contributed by atoms with Gasteiger partial charge in [0.15, 0.2) is 0 Å². The third-order valence-corrected chi connectivity index (χ3v) is 4.06. The maximum absolute atomic E-state index is 12.0. The van der Waals surface area contributed by atoms with E-state index in [4.69, 9.17) is 0 Å². The SMILES string of the molecule is Cc1cccc(-c2nc(CC(=O)NCC(=O)NC(C)(C)C)cs2)c1. The number of thiazole rings is 1. The highest BCUT2D eigenvalue weighted by Crippen LogP contribution is 2.24. The quantitative estimate of drug-likeness (QED) is 0.875. The van der Waals surface area contributed by atoms with E-state index in [1.54, 1.807) is 0 Å². The van der Waals surface area contributed by atoms with E-state index >= 15 is 0 Å². The van der Waals surface area contributed by atoms with Crippen LogP contribution >= 0.6 is 11.3 Å². The number of hydrogen-bond acceptors (Lipinski definition) is 4. The maximum atomic E-state index is 12.0. The molecule has 0 aliphatic rings. The Morgan fingerprint density at radius 1 is 1.21 bits per heavy atom. The van der Waals surface area contributed by atoms with Crippen molar-refractivity contribution < 1.29 is 9.59 Å². The third-order valence-electron chi connectivity index (χ3n) is 3.12. The number of hydrogen-bond donors (Lipinski definition) is 2. The molecular formula is C18H23N3O2S. The van der Waals surface area contributed by atoms with Crippen LogP contribution in [0, 0.1) is 6.92 Å². The smallest absolute Gasteiger partial charge is 0.239 e. The molecule has 0 spiro atoms. The van der Waals surface area contributed by atoms with Crippen LogP contribution in [-0.4, -0.2) is 28.9 Å². The monoisotopic (exact) mass is 345 g/mol. The number of carbonyl (C=O) groups excluding carboxylic acids is 2. The topological polar surface area (TPSA) is 71.1 Å². The van der Waals surface area contributed by atoms with Crippen molar-refractivity contribution in [3.63, 3.8) is 0 Å². The molecule has 0 saturated heterocycles. The molecule has 0 aliphatic carbocycles. The third kappa shape index (κ3) is 5.77. The number of amides is 2. The van der Waals surface area contributed by atoms with Crippen molar-refractivity contribution in [2.75, 3.05) is 6.54 Å². The van der Waals surface area contributed by atoms with Crippen LogP contribution in [0.3, 0.4) is 0 Å². The zero-order valence-electron chi connectivity index (χ0n) is 14.5. The summed E-state index contributed by atoms with van der Waals surface area (Å²) in [7, 11) is 0. The average Bonchev–Trinajstić information content (AvgIpc) is 2.92.